The van der Waals surface area contributed by atoms with Crippen LogP contribution in [0.1, 0.15) is 63.0 Å². The fourth-order valence-corrected chi connectivity index (χ4v) is 1.93. The van der Waals surface area contributed by atoms with Gasteiger partial charge < -0.3 is 0 Å². The topological polar surface area (TPSA) is 23.8 Å². The predicted octanol–water partition coefficient (Wildman–Crippen LogP) is 5.32. The largest absolute Gasteiger partial charge is 0.192 e. The van der Waals surface area contributed by atoms with Gasteiger partial charge in [0.2, 0.25) is 0 Å². The van der Waals surface area contributed by atoms with Crippen molar-refractivity contribution < 1.29 is 0 Å². The van der Waals surface area contributed by atoms with Gasteiger partial charge >= 0.3 is 0 Å². The van der Waals surface area contributed by atoms with E-state index in [0.29, 0.717) is 0 Å². The van der Waals surface area contributed by atoms with Crippen molar-refractivity contribution in [3.63, 3.8) is 0 Å². The first-order valence-electron chi connectivity index (χ1n) is 7.03. The van der Waals surface area contributed by atoms with Crippen molar-refractivity contribution in [1.29, 1.82) is 5.26 Å². The summed E-state index contributed by atoms with van der Waals surface area (Å²) in [4.78, 5) is 0. The van der Waals surface area contributed by atoms with Crippen LogP contribution >= 0.6 is 0 Å². The van der Waals surface area contributed by atoms with Crippen LogP contribution in [0.25, 0.3) is 6.08 Å². The summed E-state index contributed by atoms with van der Waals surface area (Å²) in [5, 5.41) is 8.70. The molecular weight excluding hydrogens is 218 g/mol. The molecule has 1 aromatic rings. The zero-order chi connectivity index (χ0) is 13.1. The molecule has 0 aliphatic carbocycles. The van der Waals surface area contributed by atoms with E-state index in [-0.39, 0.29) is 0 Å². The second-order valence-electron chi connectivity index (χ2n) is 4.69. The number of allylic oxidation sites excluding steroid dienone is 1. The lowest BCUT2D eigenvalue weighted by molar-refractivity contribution is 0.611. The third-order valence-electron chi connectivity index (χ3n) is 3.07. The molecule has 1 nitrogen and oxygen atoms in total. The van der Waals surface area contributed by atoms with E-state index in [9.17, 15) is 0 Å². The maximum absolute atomic E-state index is 8.70. The van der Waals surface area contributed by atoms with Crippen LogP contribution in [0, 0.1) is 11.3 Å². The second-order valence-corrected chi connectivity index (χ2v) is 4.69. The van der Waals surface area contributed by atoms with Gasteiger partial charge in [0.05, 0.1) is 11.6 Å². The average molecular weight is 241 g/mol. The van der Waals surface area contributed by atoms with E-state index in [1.165, 1.54) is 44.1 Å². The van der Waals surface area contributed by atoms with Crippen molar-refractivity contribution in [2.75, 3.05) is 0 Å². The zero-order valence-electron chi connectivity index (χ0n) is 11.4. The van der Waals surface area contributed by atoms with Crippen LogP contribution in [0.5, 0.6) is 0 Å². The first kappa shape index (κ1) is 14.5. The highest BCUT2D eigenvalue weighted by molar-refractivity contribution is 5.50. The highest BCUT2D eigenvalue weighted by Gasteiger charge is 1.90. The normalized spacial score (nSPS) is 10.7. The molecule has 0 bridgehead atoms. The Hall–Kier alpha value is -1.55. The van der Waals surface area contributed by atoms with Crippen molar-refractivity contribution in [2.45, 2.75) is 51.9 Å². The SMILES string of the molecule is CCCCCCCC/C=C/c1ccc(C#N)cc1. The third-order valence-corrected chi connectivity index (χ3v) is 3.07. The van der Waals surface area contributed by atoms with Crippen LogP contribution in [0.2, 0.25) is 0 Å². The molecule has 1 rings (SSSR count). The molecule has 0 heterocycles. The van der Waals surface area contributed by atoms with Crippen LogP contribution in [0.15, 0.2) is 30.3 Å². The summed E-state index contributed by atoms with van der Waals surface area (Å²) >= 11 is 0. The van der Waals surface area contributed by atoms with E-state index in [0.717, 1.165) is 12.0 Å². The summed E-state index contributed by atoms with van der Waals surface area (Å²) < 4.78 is 0. The molecule has 0 radical (unpaired) electrons. The molecule has 1 heteroatoms. The second kappa shape index (κ2) is 9.48. The number of rotatable bonds is 8. The minimum atomic E-state index is 0.725. The number of hydrogen-bond donors (Lipinski definition) is 0. The third kappa shape index (κ3) is 6.25. The molecule has 96 valence electrons. The number of hydrogen-bond acceptors (Lipinski definition) is 1. The lowest BCUT2D eigenvalue weighted by Crippen LogP contribution is -1.78. The standard InChI is InChI=1S/C17H23N/c1-2-3-4-5-6-7-8-9-10-16-11-13-17(15-18)14-12-16/h9-14H,2-8H2,1H3/b10-9+. The van der Waals surface area contributed by atoms with Crippen LogP contribution in [0.3, 0.4) is 0 Å². The van der Waals surface area contributed by atoms with E-state index in [2.05, 4.69) is 25.1 Å². The molecule has 0 saturated carbocycles. The molecule has 18 heavy (non-hydrogen) atoms. The molecule has 0 unspecified atom stereocenters. The molecule has 0 atom stereocenters. The Balaban J connectivity index is 2.14. The van der Waals surface area contributed by atoms with Crippen LogP contribution < -0.4 is 0 Å². The van der Waals surface area contributed by atoms with E-state index < -0.39 is 0 Å². The van der Waals surface area contributed by atoms with Gasteiger partial charge in [0, 0.05) is 0 Å². The molecule has 0 amide bonds. The van der Waals surface area contributed by atoms with Crippen LogP contribution in [-0.4, -0.2) is 0 Å². The Bertz CT molecular complexity index is 381. The Morgan fingerprint density at radius 1 is 1.00 bits per heavy atom. The number of nitriles is 1. The van der Waals surface area contributed by atoms with E-state index in [1.807, 2.05) is 24.3 Å². The quantitative estimate of drug-likeness (QED) is 0.565. The fraction of sp³-hybridized carbons (Fsp3) is 0.471. The predicted molar refractivity (Wildman–Crippen MR) is 78.2 cm³/mol. The van der Waals surface area contributed by atoms with Gasteiger partial charge in [-0.25, -0.2) is 0 Å². The number of benzene rings is 1. The number of unbranched alkanes of at least 4 members (excludes halogenated alkanes) is 6. The van der Waals surface area contributed by atoms with Crippen molar-refractivity contribution in [3.05, 3.63) is 41.5 Å². The summed E-state index contributed by atoms with van der Waals surface area (Å²) in [5.41, 5.74) is 1.91. The minimum absolute atomic E-state index is 0.725. The molecule has 0 aromatic heterocycles. The van der Waals surface area contributed by atoms with Crippen molar-refractivity contribution in [2.24, 2.45) is 0 Å². The first-order chi connectivity index (χ1) is 8.86. The summed E-state index contributed by atoms with van der Waals surface area (Å²) in [5.74, 6) is 0. The summed E-state index contributed by atoms with van der Waals surface area (Å²) in [6.45, 7) is 2.25. The molecule has 0 N–H and O–H groups in total. The molecule has 0 aliphatic heterocycles. The van der Waals surface area contributed by atoms with Gasteiger partial charge in [-0.3, -0.25) is 0 Å². The lowest BCUT2D eigenvalue weighted by atomic mass is 10.1. The first-order valence-corrected chi connectivity index (χ1v) is 7.03. The molecular formula is C17H23N. The molecule has 0 aliphatic rings. The molecule has 0 saturated heterocycles. The Labute approximate surface area is 111 Å². The maximum atomic E-state index is 8.70. The van der Waals surface area contributed by atoms with Gasteiger partial charge in [-0.15, -0.1) is 0 Å². The van der Waals surface area contributed by atoms with Gasteiger partial charge in [-0.1, -0.05) is 63.3 Å². The summed E-state index contributed by atoms with van der Waals surface area (Å²) in [7, 11) is 0. The fourth-order valence-electron chi connectivity index (χ4n) is 1.93. The van der Waals surface area contributed by atoms with E-state index >= 15 is 0 Å². The molecule has 0 fully saturated rings. The van der Waals surface area contributed by atoms with Gasteiger partial charge in [0.15, 0.2) is 0 Å². The minimum Gasteiger partial charge on any atom is -0.192 e. The average Bonchev–Trinajstić information content (AvgIpc) is 2.42. The monoisotopic (exact) mass is 241 g/mol. The lowest BCUT2D eigenvalue weighted by Gasteiger charge is -1.98. The van der Waals surface area contributed by atoms with Crippen molar-refractivity contribution in [3.8, 4) is 6.07 Å². The maximum Gasteiger partial charge on any atom is 0.0991 e. The summed E-state index contributed by atoms with van der Waals surface area (Å²) in [6.07, 6.45) is 13.6. The Morgan fingerprint density at radius 2 is 1.67 bits per heavy atom. The Kier molecular flexibility index (Phi) is 7.64. The van der Waals surface area contributed by atoms with E-state index in [1.54, 1.807) is 0 Å². The van der Waals surface area contributed by atoms with Crippen LogP contribution in [-0.2, 0) is 0 Å². The van der Waals surface area contributed by atoms with E-state index in [4.69, 9.17) is 5.26 Å². The zero-order valence-corrected chi connectivity index (χ0v) is 11.4. The van der Waals surface area contributed by atoms with Gasteiger partial charge in [0.1, 0.15) is 0 Å². The van der Waals surface area contributed by atoms with Gasteiger partial charge in [0.25, 0.3) is 0 Å². The highest BCUT2D eigenvalue weighted by Crippen LogP contribution is 2.09. The molecule has 0 spiro atoms. The van der Waals surface area contributed by atoms with Gasteiger partial charge in [-0.2, -0.15) is 5.26 Å². The van der Waals surface area contributed by atoms with Gasteiger partial charge in [-0.05, 0) is 30.5 Å². The smallest absolute Gasteiger partial charge is 0.0991 e. The Morgan fingerprint density at radius 3 is 2.33 bits per heavy atom. The van der Waals surface area contributed by atoms with Crippen molar-refractivity contribution in [1.82, 2.24) is 0 Å². The van der Waals surface area contributed by atoms with Crippen molar-refractivity contribution >= 4 is 6.08 Å². The van der Waals surface area contributed by atoms with Crippen LogP contribution in [0.4, 0.5) is 0 Å². The summed E-state index contributed by atoms with van der Waals surface area (Å²) in [6, 6.07) is 9.85. The number of nitrogens with zero attached hydrogens (tertiary/aromatic N) is 1. The molecule has 1 aromatic carbocycles. The highest BCUT2D eigenvalue weighted by atomic mass is 14.2.